The molecule has 732 valence electrons. The van der Waals surface area contributed by atoms with Gasteiger partial charge in [-0.2, -0.15) is 28.4 Å². The number of hydrogen-bond donors (Lipinski definition) is 15. The van der Waals surface area contributed by atoms with E-state index in [1.165, 1.54) is 49.5 Å². The monoisotopic (exact) mass is 2160 g/mol. The first-order valence-corrected chi connectivity index (χ1v) is 55.2. The summed E-state index contributed by atoms with van der Waals surface area (Å²) in [4.78, 5) is 150. The third kappa shape index (κ3) is 18.6. The molecule has 29 atom stereocenters. The van der Waals surface area contributed by atoms with Crippen molar-refractivity contribution in [2.24, 2.45) is 0 Å². The summed E-state index contributed by atoms with van der Waals surface area (Å²) in [6.45, 7) is -26.2. The van der Waals surface area contributed by atoms with Crippen molar-refractivity contribution < 1.29 is 138 Å². The molecule has 0 aromatic carbocycles. The zero-order valence-corrected chi connectivity index (χ0v) is 78.3. The second-order valence-electron chi connectivity index (χ2n) is 30.3. The van der Waals surface area contributed by atoms with Crippen LogP contribution in [0.3, 0.4) is 0 Å². The van der Waals surface area contributed by atoms with Crippen molar-refractivity contribution in [3.8, 4) is 0 Å². The Bertz CT molecular complexity index is 6950. The molecule has 0 saturated carbocycles. The lowest BCUT2D eigenvalue weighted by Crippen LogP contribution is -2.41. The average Bonchev–Trinajstić information content (AvgIpc) is 1.60. The summed E-state index contributed by atoms with van der Waals surface area (Å²) in [5.74, 6) is -5.02. The van der Waals surface area contributed by atoms with Crippen molar-refractivity contribution in [2.75, 3.05) is 74.0 Å². The maximum atomic E-state index is 16.0. The van der Waals surface area contributed by atoms with Crippen LogP contribution in [0.25, 0.3) is 67.0 Å². The number of phosphoric ester groups is 1. The molecular formula is C60H65F7N30O26P6S7. The van der Waals surface area contributed by atoms with Crippen molar-refractivity contribution >= 4 is 227 Å². The fourth-order valence-corrected chi connectivity index (χ4v) is 27.1. The molecule has 20 N–H and O–H groups in total. The molecule has 21 rings (SSSR count). The number of thiol groups is 1. The Labute approximate surface area is 782 Å². The number of nitrogens with zero attached hydrogens (tertiary/aromatic N) is 21. The molecule has 136 heavy (non-hydrogen) atoms. The van der Waals surface area contributed by atoms with Gasteiger partial charge in [0, 0.05) is 6.20 Å². The molecule has 56 nitrogen and oxygen atoms in total. The molecule has 0 radical (unpaired) electrons. The van der Waals surface area contributed by atoms with Gasteiger partial charge in [0.15, 0.2) is 111 Å². The van der Waals surface area contributed by atoms with E-state index in [0.29, 0.717) is 15.9 Å². The Hall–Kier alpha value is -7.72. The van der Waals surface area contributed by atoms with Crippen LogP contribution in [-0.4, -0.2) is 290 Å². The summed E-state index contributed by atoms with van der Waals surface area (Å²) < 4.78 is 233. The van der Waals surface area contributed by atoms with Crippen LogP contribution in [0.4, 0.5) is 65.9 Å². The SMILES string of the molecule is Nc1nc2c(ncn2[C@@H]2O[C@@H]3COP(O)(=S)O[C@H]4[C@H](F)[C@H](n5cnc6c(N)ncnc65)O[C@@H]4COP(O)(=S)O[C@@H]2[C@@H]3F)c(=O)[nH]1.Nc1nc2c(ncn2[C@@H]2S[C@@H]3COP(=O)(O)O[C@@H]4[C@@H](COP(O)(=S)O[C@@H]2[C@@H]3F)O[C@@H](n2nnc3c(N)ncnc32)C4(F)F)c(=O)[nH]1.Nc1nc2c(ncn2[C@@H]2S[C@@H]3COP(=O)(S)O[C@H]4[C@H](F)[C@H](n5cnc6c(N)ccnc65)O[C@@H]4COP(O)(=S)O[C@@H]2[C@H]3F)c(=O)[nH]1. The Morgan fingerprint density at radius 2 is 0.846 bits per heavy atom. The first-order valence-electron chi connectivity index (χ1n) is 38.7. The molecule has 9 saturated heterocycles. The smallest absolute Gasteiger partial charge is 0.397 e. The molecular weight excluding hydrogens is 2100 g/mol. The molecule has 0 spiro atoms. The molecule has 6 unspecified atom stereocenters. The summed E-state index contributed by atoms with van der Waals surface area (Å²) in [6, 6.07) is 1.52. The van der Waals surface area contributed by atoms with Crippen LogP contribution in [0.1, 0.15) is 35.7 Å². The van der Waals surface area contributed by atoms with E-state index in [0.717, 1.165) is 53.4 Å². The van der Waals surface area contributed by atoms with Crippen molar-refractivity contribution in [1.29, 1.82) is 0 Å². The lowest BCUT2D eigenvalue weighted by molar-refractivity contribution is -0.141. The molecule has 0 aliphatic carbocycles. The quantitative estimate of drug-likeness (QED) is 0.0643. The molecule has 21 heterocycles. The van der Waals surface area contributed by atoms with Gasteiger partial charge in [0.05, 0.1) is 87.5 Å². The summed E-state index contributed by atoms with van der Waals surface area (Å²) in [6.07, 6.45) is -23.9. The van der Waals surface area contributed by atoms with Crippen LogP contribution in [0, 0.1) is 0 Å². The van der Waals surface area contributed by atoms with Gasteiger partial charge in [-0.05, 0) is 53.3 Å². The number of nitrogens with two attached hydrogens (primary N) is 6. The zero-order chi connectivity index (χ0) is 96.4. The number of phosphoric acid groups is 1. The Morgan fingerprint density at radius 1 is 0.434 bits per heavy atom. The van der Waals surface area contributed by atoms with Crippen molar-refractivity contribution in [3.63, 3.8) is 0 Å². The minimum absolute atomic E-state index is 0.0121. The molecule has 12 aromatic heterocycles. The molecule has 76 heteroatoms. The Balaban J connectivity index is 0.000000131. The predicted octanol–water partition coefficient (Wildman–Crippen LogP) is 1.97. The number of halogens is 7. The molecule has 9 fully saturated rings. The second-order valence-corrected chi connectivity index (χ2v) is 48.5. The van der Waals surface area contributed by atoms with Gasteiger partial charge in [-0.3, -0.25) is 88.4 Å². The highest BCUT2D eigenvalue weighted by Crippen LogP contribution is 2.64. The first kappa shape index (κ1) is 97.1. The number of anilines is 6. The van der Waals surface area contributed by atoms with Crippen LogP contribution in [0.15, 0.2) is 70.9 Å². The minimum Gasteiger partial charge on any atom is -0.397 e. The van der Waals surface area contributed by atoms with E-state index < -0.39 is 242 Å². The van der Waals surface area contributed by atoms with Crippen LogP contribution in [0.2, 0.25) is 0 Å². The van der Waals surface area contributed by atoms with Gasteiger partial charge in [-0.15, -0.1) is 28.6 Å². The maximum absolute atomic E-state index is 16.0. The number of fused-ring (bicyclic) bond motifs is 15. The topological polar surface area (TPSA) is 761 Å². The average molecular weight is 2170 g/mol. The van der Waals surface area contributed by atoms with E-state index in [-0.39, 0.29) is 90.9 Å². The lowest BCUT2D eigenvalue weighted by atomic mass is 10.1. The van der Waals surface area contributed by atoms with Gasteiger partial charge in [0.2, 0.25) is 24.1 Å². The number of ether oxygens (including phenoxy) is 4. The zero-order valence-electron chi connectivity index (χ0n) is 67.1. The summed E-state index contributed by atoms with van der Waals surface area (Å²) >= 11 is 26.3. The van der Waals surface area contributed by atoms with E-state index in [1.54, 1.807) is 0 Å². The van der Waals surface area contributed by atoms with E-state index in [1.807, 2.05) is 0 Å². The highest BCUT2D eigenvalue weighted by Gasteiger charge is 2.65. The van der Waals surface area contributed by atoms with Crippen LogP contribution < -0.4 is 51.1 Å². The van der Waals surface area contributed by atoms with Gasteiger partial charge in [-0.25, -0.2) is 80.9 Å². The van der Waals surface area contributed by atoms with Gasteiger partial charge >= 0.3 is 47.4 Å². The number of nitrogen functional groups attached to an aromatic ring is 6. The predicted molar refractivity (Wildman–Crippen MR) is 470 cm³/mol. The van der Waals surface area contributed by atoms with Gasteiger partial charge in [0.1, 0.15) is 102 Å². The number of aromatic nitrogens is 24. The fourth-order valence-electron chi connectivity index (χ4n) is 15.7. The number of aromatic amines is 3. The third-order valence-electron chi connectivity index (χ3n) is 21.7. The second kappa shape index (κ2) is 36.7. The summed E-state index contributed by atoms with van der Waals surface area (Å²) in [7, 11) is -5.38. The van der Waals surface area contributed by atoms with E-state index >= 15 is 30.7 Å². The number of imidazole rings is 5. The molecule has 12 aromatic rings. The van der Waals surface area contributed by atoms with Gasteiger partial charge in [-0.1, -0.05) is 17.5 Å². The third-order valence-corrected chi connectivity index (χ3v) is 33.6. The van der Waals surface area contributed by atoms with Crippen molar-refractivity contribution in [1.82, 2.24) is 118 Å². The number of nitrogens with one attached hydrogen (secondary N) is 3. The molecule has 9 aliphatic heterocycles. The molecule has 9 aliphatic rings. The van der Waals surface area contributed by atoms with Crippen molar-refractivity contribution in [2.45, 2.75) is 144 Å². The molecule has 0 amide bonds. The van der Waals surface area contributed by atoms with E-state index in [9.17, 15) is 48.0 Å². The number of thioether (sulfide) groups is 2. The highest BCUT2D eigenvalue weighted by atomic mass is 32.7. The first-order chi connectivity index (χ1) is 64.3. The van der Waals surface area contributed by atoms with Gasteiger partial charge < -0.3 is 95.9 Å². The van der Waals surface area contributed by atoms with Crippen molar-refractivity contribution in [3.05, 3.63) is 87.6 Å². The van der Waals surface area contributed by atoms with Crippen LogP contribution >= 0.6 is 77.3 Å². The fraction of sp³-hybridized carbons (Fsp3) is 0.500. The maximum Gasteiger partial charge on any atom is 0.472 e. The van der Waals surface area contributed by atoms with Gasteiger partial charge in [0.25, 0.3) is 16.7 Å². The lowest BCUT2D eigenvalue weighted by Gasteiger charge is -2.27. The molecule has 6 bridgehead atoms. The normalized spacial score (nSPS) is 37.3. The Morgan fingerprint density at radius 3 is 1.37 bits per heavy atom. The van der Waals surface area contributed by atoms with Crippen LogP contribution in [0.5, 0.6) is 0 Å². The Kier molecular flexibility index (Phi) is 26.2. The largest absolute Gasteiger partial charge is 0.472 e. The number of alkyl halides is 7. The highest BCUT2D eigenvalue weighted by molar-refractivity contribution is 8.44. The number of hydrogen-bond acceptors (Lipinski definition) is 48. The summed E-state index contributed by atoms with van der Waals surface area (Å²) in [5, 5.41) is 2.69. The number of rotatable bonds is 6. The minimum atomic E-state index is -5.38. The van der Waals surface area contributed by atoms with E-state index in [4.69, 9.17) is 155 Å². The summed E-state index contributed by atoms with van der Waals surface area (Å²) in [5.41, 5.74) is 32.8. The number of pyridine rings is 1. The number of H-pyrrole nitrogens is 3. The van der Waals surface area contributed by atoms with Crippen LogP contribution in [-0.2, 0) is 130 Å². The standard InChI is InChI=1S/C21H23F2N9O8P2S3.C20H22F2N10O9P2S2.C19H20F3N11O9P2S2/c22-10-9-4-37-42(35,44)39-14-8(38-19(11(14)23)31-5-27-12-7(24)1-2-26-16(12)31)3-36-41(34,43)40-15(10)20(45-9)32-6-28-13-17(32)29-21(25)30-18(13)33;21-8-6-1-36-42(34,44)40-12-7(39-18(9(12)22)31-4-27-10-14(23)25-3-26-15(10)31)2-37-43(35,45)41-13(8)19(38-6)32-5-28-11-16(32)29-20(24)30-17(11)33;20-7-6-2-38-43(35,36)42-11-5(40-17(19(11,21)22)33-13-8(30-31-33)12(23)25-3-26-13)1-39-44(37,45)41-10(7)16(46-6)32-4-27-9-14(32)28-18(24)29-15(9)34/h1-2,5-6,8-11,14-15,19-20H,3-4H2,(H2,24,26)(H,34,43)(H,35,44)(H3,25,29,30,33);3-9,12-13,18-19H,1-2H2,(H,34,44)(H,35,45)(H2,23,25,26)(H3,24,29,30,33);3-7,10-11,16-17H,1-2H2,(H,35,36)(H,37,45)(H2,23,25,26)(H3,24,28,29,34)/t8-,9-,10+,11+,14-,15-,19-,20-,41?,42?;6-,7-,8-,9+,12-,13-,18-,19-,42?,43?;5-,6-,7-,10-,11-,16-,17-,44?/m111/s1. The van der Waals surface area contributed by atoms with E-state index in [2.05, 4.69) is 102 Å².